The van der Waals surface area contributed by atoms with E-state index in [1.807, 2.05) is 13.8 Å². The van der Waals surface area contributed by atoms with Crippen LogP contribution in [0.5, 0.6) is 0 Å². The van der Waals surface area contributed by atoms with E-state index in [1.165, 1.54) is 0 Å². The van der Waals surface area contributed by atoms with Crippen LogP contribution in [0.3, 0.4) is 0 Å². The topological polar surface area (TPSA) is 44.8 Å². The van der Waals surface area contributed by atoms with Gasteiger partial charge in [-0.05, 0) is 32.0 Å². The first-order valence-corrected chi connectivity index (χ1v) is 9.34. The highest BCUT2D eigenvalue weighted by molar-refractivity contribution is 6.74. The van der Waals surface area contributed by atoms with Crippen molar-refractivity contribution in [3.63, 3.8) is 0 Å². The number of ether oxygens (including phenoxy) is 2. The molecule has 1 rings (SSSR count). The molecule has 0 aliphatic carbocycles. The number of carbonyl (C=O) groups excluding carboxylic acids is 1. The summed E-state index contributed by atoms with van der Waals surface area (Å²) >= 11 is 0. The molecule has 1 aliphatic rings. The second-order valence-electron chi connectivity index (χ2n) is 6.85. The van der Waals surface area contributed by atoms with E-state index < -0.39 is 20.2 Å². The van der Waals surface area contributed by atoms with Crippen LogP contribution in [0.2, 0.25) is 18.1 Å². The van der Waals surface area contributed by atoms with Crippen LogP contribution in [0.1, 0.15) is 34.6 Å². The fourth-order valence-corrected chi connectivity index (χ4v) is 2.63. The normalized spacial score (nSPS) is 28.4. The zero-order valence-corrected chi connectivity index (χ0v) is 13.6. The molecule has 0 bridgehead atoms. The molecule has 1 saturated heterocycles. The zero-order valence-electron chi connectivity index (χ0n) is 12.6. The average molecular weight is 274 g/mol. The van der Waals surface area contributed by atoms with Crippen molar-refractivity contribution in [3.8, 4) is 0 Å². The van der Waals surface area contributed by atoms with E-state index in [1.54, 1.807) is 0 Å². The molecule has 18 heavy (non-hydrogen) atoms. The van der Waals surface area contributed by atoms with Crippen molar-refractivity contribution in [2.24, 2.45) is 0 Å². The maximum absolute atomic E-state index is 11.0. The molecule has 0 unspecified atom stereocenters. The Morgan fingerprint density at radius 1 is 1.28 bits per heavy atom. The molecule has 1 fully saturated rings. The van der Waals surface area contributed by atoms with E-state index in [-0.39, 0.29) is 11.1 Å². The SMILES string of the molecule is CC1(C)O[C@@H](C=O)[C@H](CO[Si](C)(C)C(C)(C)C)O1. The molecular formula is C13H26O4Si. The summed E-state index contributed by atoms with van der Waals surface area (Å²) in [6, 6.07) is 0. The summed E-state index contributed by atoms with van der Waals surface area (Å²) in [5.41, 5.74) is 0. The molecule has 106 valence electrons. The molecular weight excluding hydrogens is 248 g/mol. The summed E-state index contributed by atoms with van der Waals surface area (Å²) in [5.74, 6) is -0.701. The fraction of sp³-hybridized carbons (Fsp3) is 0.923. The minimum Gasteiger partial charge on any atom is -0.414 e. The van der Waals surface area contributed by atoms with Crippen molar-refractivity contribution in [1.82, 2.24) is 0 Å². The van der Waals surface area contributed by atoms with Gasteiger partial charge in [-0.25, -0.2) is 0 Å². The van der Waals surface area contributed by atoms with E-state index in [2.05, 4.69) is 33.9 Å². The maximum Gasteiger partial charge on any atom is 0.192 e. The largest absolute Gasteiger partial charge is 0.414 e. The van der Waals surface area contributed by atoms with Crippen molar-refractivity contribution in [2.45, 2.75) is 70.7 Å². The number of rotatable bonds is 4. The average Bonchev–Trinajstić information content (AvgIpc) is 2.48. The van der Waals surface area contributed by atoms with Gasteiger partial charge in [-0.1, -0.05) is 20.8 Å². The van der Waals surface area contributed by atoms with Crippen molar-refractivity contribution in [1.29, 1.82) is 0 Å². The number of carbonyl (C=O) groups is 1. The van der Waals surface area contributed by atoms with Crippen LogP contribution < -0.4 is 0 Å². The molecule has 2 atom stereocenters. The van der Waals surface area contributed by atoms with Gasteiger partial charge in [0.05, 0.1) is 6.61 Å². The Labute approximate surface area is 111 Å². The number of aldehydes is 1. The first-order valence-electron chi connectivity index (χ1n) is 6.43. The second kappa shape index (κ2) is 5.04. The van der Waals surface area contributed by atoms with E-state index in [4.69, 9.17) is 13.9 Å². The van der Waals surface area contributed by atoms with Crippen molar-refractivity contribution in [3.05, 3.63) is 0 Å². The van der Waals surface area contributed by atoms with Crippen molar-refractivity contribution >= 4 is 14.6 Å². The van der Waals surface area contributed by atoms with Gasteiger partial charge in [0.2, 0.25) is 0 Å². The lowest BCUT2D eigenvalue weighted by Crippen LogP contribution is -2.44. The molecule has 0 N–H and O–H groups in total. The van der Waals surface area contributed by atoms with Gasteiger partial charge in [-0.2, -0.15) is 0 Å². The predicted molar refractivity (Wildman–Crippen MR) is 73.0 cm³/mol. The first kappa shape index (κ1) is 15.8. The Bertz CT molecular complexity index is 307. The van der Waals surface area contributed by atoms with E-state index in [0.717, 1.165) is 6.29 Å². The van der Waals surface area contributed by atoms with Gasteiger partial charge in [0, 0.05) is 0 Å². The smallest absolute Gasteiger partial charge is 0.192 e. The van der Waals surface area contributed by atoms with Crippen LogP contribution >= 0.6 is 0 Å². The van der Waals surface area contributed by atoms with Gasteiger partial charge in [0.15, 0.2) is 20.4 Å². The predicted octanol–water partition coefficient (Wildman–Crippen LogP) is 2.73. The van der Waals surface area contributed by atoms with Gasteiger partial charge >= 0.3 is 0 Å². The minimum atomic E-state index is -1.81. The molecule has 5 heteroatoms. The lowest BCUT2D eigenvalue weighted by molar-refractivity contribution is -0.151. The molecule has 0 aromatic carbocycles. The van der Waals surface area contributed by atoms with Crippen molar-refractivity contribution < 1.29 is 18.7 Å². The summed E-state index contributed by atoms with van der Waals surface area (Å²) in [6.45, 7) is 15.0. The molecule has 0 aromatic heterocycles. The fourth-order valence-electron chi connectivity index (χ4n) is 1.61. The lowest BCUT2D eigenvalue weighted by atomic mass is 10.2. The monoisotopic (exact) mass is 274 g/mol. The zero-order chi connectivity index (χ0) is 14.2. The van der Waals surface area contributed by atoms with Crippen LogP contribution in [0.25, 0.3) is 0 Å². The van der Waals surface area contributed by atoms with Gasteiger partial charge in [0.25, 0.3) is 0 Å². The molecule has 4 nitrogen and oxygen atoms in total. The highest BCUT2D eigenvalue weighted by Gasteiger charge is 2.44. The molecule has 0 aromatic rings. The van der Waals surface area contributed by atoms with Crippen LogP contribution in [0.15, 0.2) is 0 Å². The minimum absolute atomic E-state index is 0.151. The summed E-state index contributed by atoms with van der Waals surface area (Å²) in [4.78, 5) is 11.0. The summed E-state index contributed by atoms with van der Waals surface area (Å²) in [7, 11) is -1.81. The Balaban J connectivity index is 2.61. The quantitative estimate of drug-likeness (QED) is 0.584. The summed E-state index contributed by atoms with van der Waals surface area (Å²) in [6.07, 6.45) is -0.0228. The number of hydrogen-bond donors (Lipinski definition) is 0. The van der Waals surface area contributed by atoms with E-state index in [0.29, 0.717) is 6.61 Å². The van der Waals surface area contributed by atoms with Gasteiger partial charge in [0.1, 0.15) is 12.2 Å². The Hall–Kier alpha value is -0.233. The molecule has 1 aliphatic heterocycles. The lowest BCUT2D eigenvalue weighted by Gasteiger charge is -2.37. The summed E-state index contributed by atoms with van der Waals surface area (Å²) < 4.78 is 17.3. The molecule has 1 heterocycles. The third-order valence-corrected chi connectivity index (χ3v) is 8.27. The van der Waals surface area contributed by atoms with Crippen LogP contribution in [0, 0.1) is 0 Å². The van der Waals surface area contributed by atoms with Crippen LogP contribution in [-0.4, -0.2) is 39.2 Å². The second-order valence-corrected chi connectivity index (χ2v) is 11.7. The molecule has 0 spiro atoms. The van der Waals surface area contributed by atoms with Crippen molar-refractivity contribution in [2.75, 3.05) is 6.61 Å². The van der Waals surface area contributed by atoms with E-state index in [9.17, 15) is 4.79 Å². The third-order valence-electron chi connectivity index (χ3n) is 3.77. The first-order chi connectivity index (χ1) is 7.98. The highest BCUT2D eigenvalue weighted by atomic mass is 28.4. The number of hydrogen-bond acceptors (Lipinski definition) is 4. The Kier molecular flexibility index (Phi) is 4.43. The van der Waals surface area contributed by atoms with Gasteiger partial charge in [-0.3, -0.25) is 0 Å². The van der Waals surface area contributed by atoms with Crippen LogP contribution in [-0.2, 0) is 18.7 Å². The Morgan fingerprint density at radius 3 is 2.28 bits per heavy atom. The molecule has 0 amide bonds. The Morgan fingerprint density at radius 2 is 1.83 bits per heavy atom. The van der Waals surface area contributed by atoms with E-state index >= 15 is 0 Å². The standard InChI is InChI=1S/C13H26O4Si/c1-12(2,3)18(6,7)15-9-11-10(8-14)16-13(4,5)17-11/h8,10-11H,9H2,1-7H3/t10-,11-/m0/s1. The van der Waals surface area contributed by atoms with Gasteiger partial charge in [-0.15, -0.1) is 0 Å². The molecule has 0 saturated carbocycles. The maximum atomic E-state index is 11.0. The molecule has 0 radical (unpaired) electrons. The summed E-state index contributed by atoms with van der Waals surface area (Å²) in [5, 5.41) is 0.151. The van der Waals surface area contributed by atoms with Gasteiger partial charge < -0.3 is 18.7 Å². The highest BCUT2D eigenvalue weighted by Crippen LogP contribution is 2.37. The van der Waals surface area contributed by atoms with Crippen LogP contribution in [0.4, 0.5) is 0 Å². The third kappa shape index (κ3) is 3.63.